The quantitative estimate of drug-likeness (QED) is 0.907. The van der Waals surface area contributed by atoms with Gasteiger partial charge < -0.3 is 10.0 Å². The molecule has 16 heavy (non-hydrogen) atoms. The molecule has 1 N–H and O–H groups in total. The summed E-state index contributed by atoms with van der Waals surface area (Å²) >= 11 is 3.44. The molecule has 4 heteroatoms. The highest BCUT2D eigenvalue weighted by molar-refractivity contribution is 9.10. The Morgan fingerprint density at radius 3 is 2.62 bits per heavy atom. The number of anilines is 1. The maximum Gasteiger partial charge on any atom is 0.306 e. The van der Waals surface area contributed by atoms with Crippen LogP contribution in [0.4, 0.5) is 5.69 Å². The van der Waals surface area contributed by atoms with Crippen LogP contribution < -0.4 is 4.90 Å². The minimum atomic E-state index is -0.658. The van der Waals surface area contributed by atoms with E-state index in [1.807, 2.05) is 12.1 Å². The van der Waals surface area contributed by atoms with Crippen molar-refractivity contribution >= 4 is 27.6 Å². The molecule has 0 aliphatic carbocycles. The molecule has 0 radical (unpaired) electrons. The molecule has 1 fully saturated rings. The van der Waals surface area contributed by atoms with Gasteiger partial charge in [0.2, 0.25) is 0 Å². The smallest absolute Gasteiger partial charge is 0.306 e. The molecule has 0 spiro atoms. The van der Waals surface area contributed by atoms with Crippen molar-refractivity contribution in [3.05, 3.63) is 28.7 Å². The molecule has 0 saturated carbocycles. The molecule has 0 aromatic heterocycles. The Morgan fingerprint density at radius 1 is 1.38 bits per heavy atom. The van der Waals surface area contributed by atoms with E-state index in [9.17, 15) is 4.79 Å². The maximum atomic E-state index is 10.8. The average Bonchev–Trinajstić information content (AvgIpc) is 2.29. The van der Waals surface area contributed by atoms with Gasteiger partial charge in [-0.2, -0.15) is 0 Å². The lowest BCUT2D eigenvalue weighted by molar-refractivity contribution is -0.142. The number of halogens is 1. The maximum absolute atomic E-state index is 10.8. The number of benzene rings is 1. The number of piperidine rings is 1. The Bertz CT molecular complexity index is 386. The summed E-state index contributed by atoms with van der Waals surface area (Å²) in [7, 11) is 0. The molecule has 1 aromatic carbocycles. The van der Waals surface area contributed by atoms with E-state index in [-0.39, 0.29) is 5.92 Å². The fraction of sp³-hybridized carbons (Fsp3) is 0.417. The van der Waals surface area contributed by atoms with Crippen LogP contribution in [0.2, 0.25) is 0 Å². The van der Waals surface area contributed by atoms with Gasteiger partial charge in [-0.15, -0.1) is 0 Å². The third kappa shape index (κ3) is 2.55. The van der Waals surface area contributed by atoms with Crippen molar-refractivity contribution in [3.8, 4) is 0 Å². The van der Waals surface area contributed by atoms with E-state index in [1.54, 1.807) is 0 Å². The summed E-state index contributed by atoms with van der Waals surface area (Å²) in [6, 6.07) is 8.13. The first-order valence-corrected chi connectivity index (χ1v) is 6.19. The fourth-order valence-corrected chi connectivity index (χ4v) is 2.44. The molecule has 1 saturated heterocycles. The highest BCUT2D eigenvalue weighted by atomic mass is 79.9. The van der Waals surface area contributed by atoms with Gasteiger partial charge in [0.05, 0.1) is 5.92 Å². The SMILES string of the molecule is O=C(O)C1CCN(c2cccc(Br)c2)CC1. The van der Waals surface area contributed by atoms with Gasteiger partial charge in [-0.05, 0) is 31.0 Å². The van der Waals surface area contributed by atoms with Crippen molar-refractivity contribution < 1.29 is 9.90 Å². The summed E-state index contributed by atoms with van der Waals surface area (Å²) in [5, 5.41) is 8.91. The molecule has 0 atom stereocenters. The number of nitrogens with zero attached hydrogens (tertiary/aromatic N) is 1. The zero-order valence-corrected chi connectivity index (χ0v) is 10.5. The van der Waals surface area contributed by atoms with Gasteiger partial charge in [-0.1, -0.05) is 22.0 Å². The Balaban J connectivity index is 2.01. The Kier molecular flexibility index (Phi) is 3.49. The van der Waals surface area contributed by atoms with E-state index in [4.69, 9.17) is 5.11 Å². The fourth-order valence-electron chi connectivity index (χ4n) is 2.06. The third-order valence-corrected chi connectivity index (χ3v) is 3.51. The average molecular weight is 284 g/mol. The van der Waals surface area contributed by atoms with Gasteiger partial charge >= 0.3 is 5.97 Å². The number of carboxylic acid groups (broad SMARTS) is 1. The zero-order chi connectivity index (χ0) is 11.5. The van der Waals surface area contributed by atoms with Crippen LogP contribution in [0.5, 0.6) is 0 Å². The van der Waals surface area contributed by atoms with Crippen LogP contribution in [0.3, 0.4) is 0 Å². The van der Waals surface area contributed by atoms with Crippen LogP contribution in [-0.4, -0.2) is 24.2 Å². The Morgan fingerprint density at radius 2 is 2.06 bits per heavy atom. The number of rotatable bonds is 2. The standard InChI is InChI=1S/C12H14BrNO2/c13-10-2-1-3-11(8-10)14-6-4-9(5-7-14)12(15)16/h1-3,8-9H,4-7H2,(H,15,16). The van der Waals surface area contributed by atoms with Crippen LogP contribution in [0.25, 0.3) is 0 Å². The van der Waals surface area contributed by atoms with Crippen LogP contribution in [0, 0.1) is 5.92 Å². The lowest BCUT2D eigenvalue weighted by atomic mass is 9.97. The minimum absolute atomic E-state index is 0.164. The monoisotopic (exact) mass is 283 g/mol. The molecule has 0 bridgehead atoms. The van der Waals surface area contributed by atoms with Crippen molar-refractivity contribution in [1.82, 2.24) is 0 Å². The second-order valence-corrected chi connectivity index (χ2v) is 5.00. The van der Waals surface area contributed by atoms with E-state index in [0.29, 0.717) is 0 Å². The summed E-state index contributed by atoms with van der Waals surface area (Å²) in [5.41, 5.74) is 1.17. The van der Waals surface area contributed by atoms with Crippen molar-refractivity contribution in [2.75, 3.05) is 18.0 Å². The molecule has 86 valence electrons. The number of aliphatic carboxylic acids is 1. The summed E-state index contributed by atoms with van der Waals surface area (Å²) < 4.78 is 1.06. The normalized spacial score (nSPS) is 17.4. The lowest BCUT2D eigenvalue weighted by Crippen LogP contribution is -2.36. The van der Waals surface area contributed by atoms with Crippen LogP contribution in [-0.2, 0) is 4.79 Å². The predicted molar refractivity (Wildman–Crippen MR) is 66.7 cm³/mol. The molecule has 3 nitrogen and oxygen atoms in total. The highest BCUT2D eigenvalue weighted by Crippen LogP contribution is 2.25. The number of carboxylic acids is 1. The van der Waals surface area contributed by atoms with Crippen molar-refractivity contribution in [2.24, 2.45) is 5.92 Å². The third-order valence-electron chi connectivity index (χ3n) is 3.02. The summed E-state index contributed by atoms with van der Waals surface area (Å²) in [4.78, 5) is 13.1. The van der Waals surface area contributed by atoms with E-state index < -0.39 is 5.97 Å². The molecule has 2 rings (SSSR count). The largest absolute Gasteiger partial charge is 0.481 e. The van der Waals surface area contributed by atoms with Crippen LogP contribution in [0.1, 0.15) is 12.8 Å². The molecular weight excluding hydrogens is 270 g/mol. The number of carbonyl (C=O) groups is 1. The van der Waals surface area contributed by atoms with E-state index in [0.717, 1.165) is 30.4 Å². The van der Waals surface area contributed by atoms with Gasteiger partial charge in [0.25, 0.3) is 0 Å². The molecule has 1 aromatic rings. The highest BCUT2D eigenvalue weighted by Gasteiger charge is 2.24. The van der Waals surface area contributed by atoms with Gasteiger partial charge in [0, 0.05) is 23.2 Å². The van der Waals surface area contributed by atoms with Gasteiger partial charge in [-0.25, -0.2) is 0 Å². The topological polar surface area (TPSA) is 40.5 Å². The van der Waals surface area contributed by atoms with Gasteiger partial charge in [0.1, 0.15) is 0 Å². The Labute approximate surface area is 103 Å². The number of hydrogen-bond acceptors (Lipinski definition) is 2. The summed E-state index contributed by atoms with van der Waals surface area (Å²) in [6.07, 6.45) is 1.48. The van der Waals surface area contributed by atoms with E-state index in [1.165, 1.54) is 5.69 Å². The van der Waals surface area contributed by atoms with Crippen LogP contribution >= 0.6 is 15.9 Å². The lowest BCUT2D eigenvalue weighted by Gasteiger charge is -2.32. The number of hydrogen-bond donors (Lipinski definition) is 1. The first-order valence-electron chi connectivity index (χ1n) is 5.40. The second kappa shape index (κ2) is 4.87. The van der Waals surface area contributed by atoms with Gasteiger partial charge in [-0.3, -0.25) is 4.79 Å². The molecule has 0 unspecified atom stereocenters. The molecule has 1 heterocycles. The van der Waals surface area contributed by atoms with Crippen molar-refractivity contribution in [3.63, 3.8) is 0 Å². The first kappa shape index (κ1) is 11.5. The summed E-state index contributed by atoms with van der Waals surface area (Å²) in [6.45, 7) is 1.65. The molecule has 0 amide bonds. The van der Waals surface area contributed by atoms with Crippen molar-refractivity contribution in [2.45, 2.75) is 12.8 Å². The van der Waals surface area contributed by atoms with E-state index >= 15 is 0 Å². The zero-order valence-electron chi connectivity index (χ0n) is 8.90. The Hall–Kier alpha value is -1.03. The summed E-state index contributed by atoms with van der Waals surface area (Å²) in [5.74, 6) is -0.822. The van der Waals surface area contributed by atoms with E-state index in [2.05, 4.69) is 33.0 Å². The second-order valence-electron chi connectivity index (χ2n) is 4.08. The van der Waals surface area contributed by atoms with Crippen LogP contribution in [0.15, 0.2) is 28.7 Å². The minimum Gasteiger partial charge on any atom is -0.481 e. The van der Waals surface area contributed by atoms with Gasteiger partial charge in [0.15, 0.2) is 0 Å². The molecule has 1 aliphatic rings. The predicted octanol–water partition coefficient (Wildman–Crippen LogP) is 2.75. The molecule has 1 aliphatic heterocycles. The molecular formula is C12H14BrNO2. The van der Waals surface area contributed by atoms with Crippen molar-refractivity contribution in [1.29, 1.82) is 0 Å². The first-order chi connectivity index (χ1) is 7.66.